The maximum Gasteiger partial charge on any atom is 0.163 e. The van der Waals surface area contributed by atoms with Crippen molar-refractivity contribution >= 4 is 5.78 Å². The summed E-state index contributed by atoms with van der Waals surface area (Å²) in [6, 6.07) is 7.51. The molecule has 1 rings (SSSR count). The molecule has 16 heavy (non-hydrogen) atoms. The first kappa shape index (κ1) is 12.9. The molecule has 88 valence electrons. The standard InChI is InChI=1S/C14H20O2/c1-14(2,3)10-13(16)12-6-4-11(5-7-12)8-9-15/h4-7,15H,8-10H2,1-3H3. The van der Waals surface area contributed by atoms with Gasteiger partial charge in [-0.15, -0.1) is 0 Å². The number of aliphatic hydroxyl groups excluding tert-OH is 1. The molecule has 0 fully saturated rings. The maximum atomic E-state index is 11.9. The lowest BCUT2D eigenvalue weighted by Crippen LogP contribution is -2.13. The zero-order chi connectivity index (χ0) is 12.2. The molecule has 0 bridgehead atoms. The molecule has 0 aliphatic rings. The van der Waals surface area contributed by atoms with Crippen LogP contribution in [-0.2, 0) is 6.42 Å². The van der Waals surface area contributed by atoms with E-state index in [2.05, 4.69) is 20.8 Å². The van der Waals surface area contributed by atoms with Crippen molar-refractivity contribution in [2.24, 2.45) is 5.41 Å². The second-order valence-electron chi connectivity index (χ2n) is 5.33. The Bertz CT molecular complexity index is 344. The Labute approximate surface area is 97.3 Å². The summed E-state index contributed by atoms with van der Waals surface area (Å²) in [5.74, 6) is 0.183. The monoisotopic (exact) mass is 220 g/mol. The minimum absolute atomic E-state index is 0.0286. The van der Waals surface area contributed by atoms with Crippen molar-refractivity contribution in [3.8, 4) is 0 Å². The van der Waals surface area contributed by atoms with Gasteiger partial charge in [-0.25, -0.2) is 0 Å². The summed E-state index contributed by atoms with van der Waals surface area (Å²) in [6.45, 7) is 6.33. The van der Waals surface area contributed by atoms with E-state index in [0.29, 0.717) is 12.8 Å². The first-order valence-electron chi connectivity index (χ1n) is 5.65. The van der Waals surface area contributed by atoms with Gasteiger partial charge in [-0.3, -0.25) is 4.79 Å². The highest BCUT2D eigenvalue weighted by Gasteiger charge is 2.16. The van der Waals surface area contributed by atoms with Crippen molar-refractivity contribution in [1.82, 2.24) is 0 Å². The molecule has 0 aliphatic carbocycles. The average Bonchev–Trinajstić information content (AvgIpc) is 2.16. The molecule has 2 nitrogen and oxygen atoms in total. The smallest absolute Gasteiger partial charge is 0.163 e. The third-order valence-electron chi connectivity index (χ3n) is 2.37. The van der Waals surface area contributed by atoms with Crippen LogP contribution in [0.25, 0.3) is 0 Å². The van der Waals surface area contributed by atoms with Gasteiger partial charge in [-0.05, 0) is 17.4 Å². The van der Waals surface area contributed by atoms with Crippen LogP contribution in [0.4, 0.5) is 0 Å². The van der Waals surface area contributed by atoms with E-state index < -0.39 is 0 Å². The minimum Gasteiger partial charge on any atom is -0.396 e. The summed E-state index contributed by atoms with van der Waals surface area (Å²) in [7, 11) is 0. The van der Waals surface area contributed by atoms with Crippen LogP contribution in [0.15, 0.2) is 24.3 Å². The number of benzene rings is 1. The van der Waals surface area contributed by atoms with E-state index in [4.69, 9.17) is 5.11 Å². The Morgan fingerprint density at radius 3 is 2.19 bits per heavy atom. The molecule has 2 heteroatoms. The molecule has 0 radical (unpaired) electrons. The number of carbonyl (C=O) groups excluding carboxylic acids is 1. The number of aliphatic hydroxyl groups is 1. The summed E-state index contributed by atoms with van der Waals surface area (Å²) in [6.07, 6.45) is 1.21. The fourth-order valence-corrected chi connectivity index (χ4v) is 1.57. The molecule has 0 saturated carbocycles. The zero-order valence-electron chi connectivity index (χ0n) is 10.3. The van der Waals surface area contributed by atoms with Crippen LogP contribution in [0.3, 0.4) is 0 Å². The number of carbonyl (C=O) groups is 1. The van der Waals surface area contributed by atoms with E-state index >= 15 is 0 Å². The lowest BCUT2D eigenvalue weighted by molar-refractivity contribution is 0.0940. The third-order valence-corrected chi connectivity index (χ3v) is 2.37. The van der Waals surface area contributed by atoms with Crippen molar-refractivity contribution < 1.29 is 9.90 Å². The van der Waals surface area contributed by atoms with Gasteiger partial charge in [0, 0.05) is 18.6 Å². The van der Waals surface area contributed by atoms with E-state index in [1.807, 2.05) is 24.3 Å². The summed E-state index contributed by atoms with van der Waals surface area (Å²) in [5, 5.41) is 8.78. The van der Waals surface area contributed by atoms with Crippen LogP contribution < -0.4 is 0 Å². The Hall–Kier alpha value is -1.15. The van der Waals surface area contributed by atoms with Gasteiger partial charge in [0.25, 0.3) is 0 Å². The summed E-state index contributed by atoms with van der Waals surface area (Å²) < 4.78 is 0. The van der Waals surface area contributed by atoms with E-state index in [9.17, 15) is 4.79 Å². The normalized spacial score (nSPS) is 11.5. The quantitative estimate of drug-likeness (QED) is 0.792. The number of hydrogen-bond donors (Lipinski definition) is 1. The van der Waals surface area contributed by atoms with E-state index in [1.165, 1.54) is 0 Å². The van der Waals surface area contributed by atoms with Gasteiger partial charge >= 0.3 is 0 Å². The molecule has 0 aliphatic heterocycles. The van der Waals surface area contributed by atoms with Crippen LogP contribution in [0, 0.1) is 5.41 Å². The Morgan fingerprint density at radius 1 is 1.19 bits per heavy atom. The van der Waals surface area contributed by atoms with Gasteiger partial charge in [0.15, 0.2) is 5.78 Å². The number of ketones is 1. The van der Waals surface area contributed by atoms with Crippen LogP contribution in [0.2, 0.25) is 0 Å². The minimum atomic E-state index is 0.0286. The fourth-order valence-electron chi connectivity index (χ4n) is 1.57. The Kier molecular flexibility index (Phi) is 4.25. The highest BCUT2D eigenvalue weighted by Crippen LogP contribution is 2.21. The van der Waals surface area contributed by atoms with Crippen molar-refractivity contribution in [1.29, 1.82) is 0 Å². The average molecular weight is 220 g/mol. The summed E-state index contributed by atoms with van der Waals surface area (Å²) in [4.78, 5) is 11.9. The second-order valence-corrected chi connectivity index (χ2v) is 5.33. The van der Waals surface area contributed by atoms with E-state index in [-0.39, 0.29) is 17.8 Å². The van der Waals surface area contributed by atoms with Crippen molar-refractivity contribution in [3.05, 3.63) is 35.4 Å². The molecule has 0 aromatic heterocycles. The Morgan fingerprint density at radius 2 is 1.75 bits per heavy atom. The number of rotatable bonds is 4. The lowest BCUT2D eigenvalue weighted by Gasteiger charge is -2.16. The van der Waals surface area contributed by atoms with Gasteiger partial charge in [0.2, 0.25) is 0 Å². The van der Waals surface area contributed by atoms with E-state index in [0.717, 1.165) is 11.1 Å². The second kappa shape index (κ2) is 5.26. The molecular formula is C14H20O2. The predicted molar refractivity (Wildman–Crippen MR) is 65.6 cm³/mol. The highest BCUT2D eigenvalue weighted by molar-refractivity contribution is 5.96. The molecule has 0 atom stereocenters. The maximum absolute atomic E-state index is 11.9. The predicted octanol–water partition coefficient (Wildman–Crippen LogP) is 2.84. The third kappa shape index (κ3) is 4.15. The molecular weight excluding hydrogens is 200 g/mol. The fraction of sp³-hybridized carbons (Fsp3) is 0.500. The van der Waals surface area contributed by atoms with Crippen LogP contribution >= 0.6 is 0 Å². The zero-order valence-corrected chi connectivity index (χ0v) is 10.3. The van der Waals surface area contributed by atoms with E-state index in [1.54, 1.807) is 0 Å². The number of Topliss-reactive ketones (excluding diaryl/α,β-unsaturated/α-hetero) is 1. The first-order valence-corrected chi connectivity index (χ1v) is 5.65. The van der Waals surface area contributed by atoms with Crippen LogP contribution in [0.5, 0.6) is 0 Å². The lowest BCUT2D eigenvalue weighted by atomic mass is 9.88. The molecule has 1 N–H and O–H groups in total. The van der Waals surface area contributed by atoms with Crippen LogP contribution in [0.1, 0.15) is 43.1 Å². The molecule has 0 heterocycles. The SMILES string of the molecule is CC(C)(C)CC(=O)c1ccc(CCO)cc1. The number of hydrogen-bond acceptors (Lipinski definition) is 2. The van der Waals surface area contributed by atoms with Gasteiger partial charge < -0.3 is 5.11 Å². The molecule has 0 spiro atoms. The van der Waals surface area contributed by atoms with Crippen molar-refractivity contribution in [3.63, 3.8) is 0 Å². The largest absolute Gasteiger partial charge is 0.396 e. The van der Waals surface area contributed by atoms with Gasteiger partial charge in [-0.2, -0.15) is 0 Å². The molecule has 1 aromatic rings. The van der Waals surface area contributed by atoms with Crippen molar-refractivity contribution in [2.75, 3.05) is 6.61 Å². The van der Waals surface area contributed by atoms with Crippen molar-refractivity contribution in [2.45, 2.75) is 33.6 Å². The van der Waals surface area contributed by atoms with Gasteiger partial charge in [-0.1, -0.05) is 45.0 Å². The molecule has 1 aromatic carbocycles. The first-order chi connectivity index (χ1) is 7.42. The summed E-state index contributed by atoms with van der Waals surface area (Å²) >= 11 is 0. The molecule has 0 unspecified atom stereocenters. The van der Waals surface area contributed by atoms with Gasteiger partial charge in [0.1, 0.15) is 0 Å². The molecule has 0 amide bonds. The summed E-state index contributed by atoms with van der Waals surface area (Å²) in [5.41, 5.74) is 1.85. The highest BCUT2D eigenvalue weighted by atomic mass is 16.2. The molecule has 0 saturated heterocycles. The van der Waals surface area contributed by atoms with Gasteiger partial charge in [0.05, 0.1) is 0 Å². The Balaban J connectivity index is 2.70. The topological polar surface area (TPSA) is 37.3 Å². The van der Waals surface area contributed by atoms with Crippen LogP contribution in [-0.4, -0.2) is 17.5 Å².